The summed E-state index contributed by atoms with van der Waals surface area (Å²) in [4.78, 5) is 6.33. The quantitative estimate of drug-likeness (QED) is 0.737. The van der Waals surface area contributed by atoms with Crippen LogP contribution in [-0.4, -0.2) is 51.5 Å². The van der Waals surface area contributed by atoms with Crippen molar-refractivity contribution in [3.63, 3.8) is 0 Å². The number of nitrogens with zero attached hydrogens (tertiary/aromatic N) is 2. The molecule has 0 saturated heterocycles. The first-order valence-corrected chi connectivity index (χ1v) is 7.88. The summed E-state index contributed by atoms with van der Waals surface area (Å²) in [6.07, 6.45) is 1.56. The summed E-state index contributed by atoms with van der Waals surface area (Å²) in [7, 11) is -1.87. The highest BCUT2D eigenvalue weighted by Gasteiger charge is 2.18. The van der Waals surface area contributed by atoms with E-state index in [1.165, 1.54) is 0 Å². The van der Waals surface area contributed by atoms with Gasteiger partial charge in [0.15, 0.2) is 0 Å². The average molecular weight is 286 g/mol. The fraction of sp³-hybridized carbons (Fsp3) is 0.583. The zero-order valence-electron chi connectivity index (χ0n) is 11.7. The Hall–Kier alpha value is -1.18. The number of hydrogen-bond acceptors (Lipinski definition) is 5. The van der Waals surface area contributed by atoms with Crippen LogP contribution < -0.4 is 10.0 Å². The Balaban J connectivity index is 2.71. The van der Waals surface area contributed by atoms with Crippen LogP contribution in [0.1, 0.15) is 13.8 Å². The van der Waals surface area contributed by atoms with E-state index in [4.69, 9.17) is 0 Å². The third-order valence-electron chi connectivity index (χ3n) is 2.91. The van der Waals surface area contributed by atoms with E-state index in [1.54, 1.807) is 25.4 Å². The zero-order valence-corrected chi connectivity index (χ0v) is 12.5. The first kappa shape index (κ1) is 15.9. The SMILES string of the molecule is CCN(CC)CCNS(=O)(=O)c1cccnc1NC. The van der Waals surface area contributed by atoms with Crippen LogP contribution in [0.2, 0.25) is 0 Å². The summed E-state index contributed by atoms with van der Waals surface area (Å²) in [5.41, 5.74) is 0. The molecular formula is C12H22N4O2S. The lowest BCUT2D eigenvalue weighted by molar-refractivity contribution is 0.309. The molecule has 0 bridgehead atoms. The van der Waals surface area contributed by atoms with Gasteiger partial charge < -0.3 is 10.2 Å². The zero-order chi connectivity index (χ0) is 14.3. The Morgan fingerprint density at radius 1 is 1.32 bits per heavy atom. The standard InChI is InChI=1S/C12H22N4O2S/c1-4-16(5-2)10-9-15-19(17,18)11-7-6-8-14-12(11)13-3/h6-8,15H,4-5,9-10H2,1-3H3,(H,13,14). The molecule has 1 aromatic heterocycles. The third-order valence-corrected chi connectivity index (χ3v) is 4.40. The molecule has 108 valence electrons. The molecule has 0 fully saturated rings. The maximum Gasteiger partial charge on any atom is 0.244 e. The predicted molar refractivity (Wildman–Crippen MR) is 76.8 cm³/mol. The topological polar surface area (TPSA) is 74.3 Å². The fourth-order valence-corrected chi connectivity index (χ4v) is 2.93. The summed E-state index contributed by atoms with van der Waals surface area (Å²) in [5, 5.41) is 2.78. The van der Waals surface area contributed by atoms with Crippen LogP contribution in [0.4, 0.5) is 5.82 Å². The fourth-order valence-electron chi connectivity index (χ4n) is 1.75. The number of anilines is 1. The van der Waals surface area contributed by atoms with Crippen LogP contribution in [-0.2, 0) is 10.0 Å². The van der Waals surface area contributed by atoms with Crippen LogP contribution in [0.3, 0.4) is 0 Å². The van der Waals surface area contributed by atoms with Gasteiger partial charge in [-0.3, -0.25) is 0 Å². The lowest BCUT2D eigenvalue weighted by Crippen LogP contribution is -2.35. The molecule has 0 aromatic carbocycles. The van der Waals surface area contributed by atoms with Gasteiger partial charge in [-0.15, -0.1) is 0 Å². The molecule has 0 aliphatic carbocycles. The molecule has 0 aliphatic rings. The molecule has 2 N–H and O–H groups in total. The Labute approximate surface area is 115 Å². The van der Waals surface area contributed by atoms with Gasteiger partial charge in [0.2, 0.25) is 10.0 Å². The number of pyridine rings is 1. The van der Waals surface area contributed by atoms with E-state index >= 15 is 0 Å². The monoisotopic (exact) mass is 286 g/mol. The molecule has 0 atom stereocenters. The van der Waals surface area contributed by atoms with Crippen molar-refractivity contribution in [2.24, 2.45) is 0 Å². The molecule has 6 nitrogen and oxygen atoms in total. The van der Waals surface area contributed by atoms with Crippen molar-refractivity contribution in [1.82, 2.24) is 14.6 Å². The molecule has 0 radical (unpaired) electrons. The van der Waals surface area contributed by atoms with Crippen LogP contribution in [0.15, 0.2) is 23.2 Å². The van der Waals surface area contributed by atoms with Gasteiger partial charge in [0.25, 0.3) is 0 Å². The van der Waals surface area contributed by atoms with Gasteiger partial charge in [0.1, 0.15) is 10.7 Å². The van der Waals surface area contributed by atoms with E-state index in [9.17, 15) is 8.42 Å². The highest BCUT2D eigenvalue weighted by molar-refractivity contribution is 7.89. The molecule has 1 aromatic rings. The molecule has 1 rings (SSSR count). The van der Waals surface area contributed by atoms with E-state index in [0.29, 0.717) is 18.9 Å². The molecule has 0 spiro atoms. The summed E-state index contributed by atoms with van der Waals surface area (Å²) in [6.45, 7) is 7.01. The van der Waals surface area contributed by atoms with Gasteiger partial charge in [-0.2, -0.15) is 0 Å². The molecule has 0 amide bonds. The van der Waals surface area contributed by atoms with Gasteiger partial charge >= 0.3 is 0 Å². The largest absolute Gasteiger partial charge is 0.372 e. The second-order valence-electron chi connectivity index (χ2n) is 4.02. The van der Waals surface area contributed by atoms with Crippen molar-refractivity contribution in [3.8, 4) is 0 Å². The van der Waals surface area contributed by atoms with Gasteiger partial charge in [0, 0.05) is 26.3 Å². The molecule has 7 heteroatoms. The molecule has 1 heterocycles. The highest BCUT2D eigenvalue weighted by Crippen LogP contribution is 2.16. The number of rotatable bonds is 8. The Kier molecular flexibility index (Phi) is 6.20. The Morgan fingerprint density at radius 3 is 2.58 bits per heavy atom. The minimum absolute atomic E-state index is 0.178. The smallest absolute Gasteiger partial charge is 0.244 e. The van der Waals surface area contributed by atoms with E-state index < -0.39 is 10.0 Å². The predicted octanol–water partition coefficient (Wildman–Crippen LogP) is 0.743. The van der Waals surface area contributed by atoms with E-state index in [2.05, 4.69) is 33.8 Å². The van der Waals surface area contributed by atoms with E-state index in [1.807, 2.05) is 0 Å². The number of aromatic nitrogens is 1. The molecule has 0 saturated carbocycles. The molecular weight excluding hydrogens is 264 g/mol. The van der Waals surface area contributed by atoms with Gasteiger partial charge in [-0.05, 0) is 25.2 Å². The minimum atomic E-state index is -3.52. The summed E-state index contributed by atoms with van der Waals surface area (Å²) < 4.78 is 26.9. The molecule has 19 heavy (non-hydrogen) atoms. The molecule has 0 aliphatic heterocycles. The van der Waals surface area contributed by atoms with Crippen molar-refractivity contribution in [2.45, 2.75) is 18.7 Å². The minimum Gasteiger partial charge on any atom is -0.372 e. The number of likely N-dealkylation sites (N-methyl/N-ethyl adjacent to an activating group) is 1. The van der Waals surface area contributed by atoms with E-state index in [-0.39, 0.29) is 4.90 Å². The Bertz CT molecular complexity index is 486. The number of nitrogens with one attached hydrogen (secondary N) is 2. The lowest BCUT2D eigenvalue weighted by Gasteiger charge is -2.18. The summed E-state index contributed by atoms with van der Waals surface area (Å²) >= 11 is 0. The van der Waals surface area contributed by atoms with Crippen LogP contribution >= 0.6 is 0 Å². The number of hydrogen-bond donors (Lipinski definition) is 2. The van der Waals surface area contributed by atoms with Crippen molar-refractivity contribution < 1.29 is 8.42 Å². The van der Waals surface area contributed by atoms with Crippen molar-refractivity contribution in [2.75, 3.05) is 38.5 Å². The van der Waals surface area contributed by atoms with Crippen LogP contribution in [0.25, 0.3) is 0 Å². The highest BCUT2D eigenvalue weighted by atomic mass is 32.2. The normalized spacial score (nSPS) is 11.8. The number of sulfonamides is 1. The lowest BCUT2D eigenvalue weighted by atomic mass is 10.5. The average Bonchev–Trinajstić information content (AvgIpc) is 2.43. The van der Waals surface area contributed by atoms with Crippen molar-refractivity contribution in [1.29, 1.82) is 0 Å². The van der Waals surface area contributed by atoms with Gasteiger partial charge in [0.05, 0.1) is 0 Å². The first-order chi connectivity index (χ1) is 9.05. The maximum atomic E-state index is 12.2. The second kappa shape index (κ2) is 7.42. The molecule has 0 unspecified atom stereocenters. The van der Waals surface area contributed by atoms with Crippen LogP contribution in [0.5, 0.6) is 0 Å². The summed E-state index contributed by atoms with van der Waals surface area (Å²) in [6, 6.07) is 3.15. The summed E-state index contributed by atoms with van der Waals surface area (Å²) in [5.74, 6) is 0.359. The van der Waals surface area contributed by atoms with Gasteiger partial charge in [-0.1, -0.05) is 13.8 Å². The second-order valence-corrected chi connectivity index (χ2v) is 5.76. The maximum absolute atomic E-state index is 12.2. The Morgan fingerprint density at radius 2 is 2.00 bits per heavy atom. The van der Waals surface area contributed by atoms with Crippen molar-refractivity contribution in [3.05, 3.63) is 18.3 Å². The van der Waals surface area contributed by atoms with E-state index in [0.717, 1.165) is 13.1 Å². The van der Waals surface area contributed by atoms with Crippen molar-refractivity contribution >= 4 is 15.8 Å². The van der Waals surface area contributed by atoms with Crippen LogP contribution in [0, 0.1) is 0 Å². The third kappa shape index (κ3) is 4.45. The van der Waals surface area contributed by atoms with Gasteiger partial charge in [-0.25, -0.2) is 18.1 Å². The first-order valence-electron chi connectivity index (χ1n) is 6.40.